The summed E-state index contributed by atoms with van der Waals surface area (Å²) in [6, 6.07) is 6.06. The highest BCUT2D eigenvalue weighted by Gasteiger charge is 2.14. The van der Waals surface area contributed by atoms with Gasteiger partial charge in [0, 0.05) is 10.5 Å². The van der Waals surface area contributed by atoms with Crippen LogP contribution < -0.4 is 10.1 Å². The van der Waals surface area contributed by atoms with Crippen LogP contribution in [-0.4, -0.2) is 23.2 Å². The minimum absolute atomic E-state index is 0.0489. The summed E-state index contributed by atoms with van der Waals surface area (Å²) in [6.07, 6.45) is 0.947. The van der Waals surface area contributed by atoms with Crippen LogP contribution in [0.3, 0.4) is 0 Å². The topological polar surface area (TPSA) is 71.5 Å². The van der Waals surface area contributed by atoms with E-state index in [1.807, 2.05) is 0 Å². The van der Waals surface area contributed by atoms with Gasteiger partial charge < -0.3 is 15.2 Å². The number of nitrogens with zero attached hydrogens (tertiary/aromatic N) is 1. The Bertz CT molecular complexity index is 664. The molecule has 0 radical (unpaired) electrons. The van der Waals surface area contributed by atoms with Crippen molar-refractivity contribution in [1.82, 2.24) is 4.98 Å². The predicted molar refractivity (Wildman–Crippen MR) is 75.1 cm³/mol. The van der Waals surface area contributed by atoms with Gasteiger partial charge in [-0.2, -0.15) is 0 Å². The van der Waals surface area contributed by atoms with Gasteiger partial charge in [-0.1, -0.05) is 0 Å². The molecule has 0 aliphatic heterocycles. The maximum atomic E-state index is 13.1. The van der Waals surface area contributed by atoms with Gasteiger partial charge in [0.1, 0.15) is 22.9 Å². The van der Waals surface area contributed by atoms with E-state index >= 15 is 0 Å². The first-order valence-electron chi connectivity index (χ1n) is 5.50. The largest absolute Gasteiger partial charge is 0.497 e. The van der Waals surface area contributed by atoms with E-state index in [0.29, 0.717) is 15.9 Å². The lowest BCUT2D eigenvalue weighted by molar-refractivity contribution is 0.0697. The number of benzene rings is 1. The van der Waals surface area contributed by atoms with Crippen molar-refractivity contribution in [2.75, 3.05) is 12.4 Å². The first-order valence-corrected chi connectivity index (χ1v) is 6.30. The van der Waals surface area contributed by atoms with Crippen LogP contribution in [0.4, 0.5) is 15.9 Å². The van der Waals surface area contributed by atoms with Gasteiger partial charge >= 0.3 is 5.97 Å². The molecule has 2 N–H and O–H groups in total. The van der Waals surface area contributed by atoms with E-state index in [-0.39, 0.29) is 11.4 Å². The molecule has 1 aromatic carbocycles. The molecule has 20 heavy (non-hydrogen) atoms. The van der Waals surface area contributed by atoms with Crippen LogP contribution in [0.25, 0.3) is 0 Å². The Morgan fingerprint density at radius 3 is 2.85 bits per heavy atom. The number of halogens is 2. The third kappa shape index (κ3) is 3.05. The standard InChI is InChI=1S/C13H10BrFN2O3/c1-20-8-2-3-10(14)11(5-8)17-12-9(13(18)19)4-7(15)6-16-12/h2-6H,1H3,(H,16,17)(H,18,19). The molecule has 2 rings (SSSR count). The Kier molecular flexibility index (Phi) is 4.19. The second-order valence-corrected chi connectivity index (χ2v) is 4.68. The molecule has 7 heteroatoms. The Morgan fingerprint density at radius 2 is 2.20 bits per heavy atom. The smallest absolute Gasteiger partial charge is 0.339 e. The Labute approximate surface area is 122 Å². The number of ether oxygens (including phenoxy) is 1. The number of aromatic carboxylic acids is 1. The summed E-state index contributed by atoms with van der Waals surface area (Å²) in [4.78, 5) is 14.9. The Balaban J connectivity index is 2.42. The fourth-order valence-electron chi connectivity index (χ4n) is 1.56. The first kappa shape index (κ1) is 14.3. The van der Waals surface area contributed by atoms with Crippen LogP contribution in [-0.2, 0) is 0 Å². The van der Waals surface area contributed by atoms with Crippen LogP contribution >= 0.6 is 15.9 Å². The van der Waals surface area contributed by atoms with Crippen LogP contribution in [0.15, 0.2) is 34.9 Å². The minimum Gasteiger partial charge on any atom is -0.497 e. The zero-order valence-electron chi connectivity index (χ0n) is 10.4. The van der Waals surface area contributed by atoms with Gasteiger partial charge in [0.05, 0.1) is 19.0 Å². The van der Waals surface area contributed by atoms with E-state index in [0.717, 1.165) is 12.3 Å². The van der Waals surface area contributed by atoms with Gasteiger partial charge in [-0.05, 0) is 34.1 Å². The normalized spacial score (nSPS) is 10.2. The van der Waals surface area contributed by atoms with Crippen LogP contribution in [0.5, 0.6) is 5.75 Å². The molecule has 0 bridgehead atoms. The Hall–Kier alpha value is -2.15. The number of carboxylic acids is 1. The monoisotopic (exact) mass is 340 g/mol. The minimum atomic E-state index is -1.27. The number of carbonyl (C=O) groups is 1. The van der Waals surface area contributed by atoms with Crippen molar-refractivity contribution in [2.24, 2.45) is 0 Å². The molecule has 0 fully saturated rings. The predicted octanol–water partition coefficient (Wildman–Crippen LogP) is 3.43. The van der Waals surface area contributed by atoms with Gasteiger partial charge in [-0.15, -0.1) is 0 Å². The van der Waals surface area contributed by atoms with Crippen LogP contribution in [0, 0.1) is 5.82 Å². The lowest BCUT2D eigenvalue weighted by atomic mass is 10.2. The fourth-order valence-corrected chi connectivity index (χ4v) is 1.90. The van der Waals surface area contributed by atoms with Crippen molar-refractivity contribution in [3.8, 4) is 5.75 Å². The van der Waals surface area contributed by atoms with Crippen molar-refractivity contribution in [3.63, 3.8) is 0 Å². The number of anilines is 2. The van der Waals surface area contributed by atoms with E-state index in [4.69, 9.17) is 9.84 Å². The second-order valence-electron chi connectivity index (χ2n) is 3.83. The number of rotatable bonds is 4. The summed E-state index contributed by atoms with van der Waals surface area (Å²) in [5, 5.41) is 11.9. The summed E-state index contributed by atoms with van der Waals surface area (Å²) in [7, 11) is 1.52. The molecule has 0 aliphatic carbocycles. The lowest BCUT2D eigenvalue weighted by Crippen LogP contribution is -2.06. The molecule has 104 valence electrons. The fraction of sp³-hybridized carbons (Fsp3) is 0.0769. The average molecular weight is 341 g/mol. The second kappa shape index (κ2) is 5.87. The van der Waals surface area contributed by atoms with E-state index in [1.54, 1.807) is 18.2 Å². The quantitative estimate of drug-likeness (QED) is 0.892. The highest BCUT2D eigenvalue weighted by atomic mass is 79.9. The molecule has 5 nitrogen and oxygen atoms in total. The third-order valence-corrected chi connectivity index (χ3v) is 3.20. The van der Waals surface area contributed by atoms with E-state index in [2.05, 4.69) is 26.2 Å². The zero-order chi connectivity index (χ0) is 14.7. The van der Waals surface area contributed by atoms with Gasteiger partial charge in [-0.25, -0.2) is 14.2 Å². The number of hydrogen-bond donors (Lipinski definition) is 2. The van der Waals surface area contributed by atoms with Gasteiger partial charge in [-0.3, -0.25) is 0 Å². The van der Waals surface area contributed by atoms with Crippen LogP contribution in [0.1, 0.15) is 10.4 Å². The molecule has 1 aromatic heterocycles. The van der Waals surface area contributed by atoms with Gasteiger partial charge in [0.2, 0.25) is 0 Å². The number of nitrogens with one attached hydrogen (secondary N) is 1. The van der Waals surface area contributed by atoms with E-state index < -0.39 is 11.8 Å². The molecule has 0 saturated carbocycles. The molecule has 0 atom stereocenters. The van der Waals surface area contributed by atoms with Crippen molar-refractivity contribution in [2.45, 2.75) is 0 Å². The summed E-state index contributed by atoms with van der Waals surface area (Å²) < 4.78 is 18.8. The number of carboxylic acid groups (broad SMARTS) is 1. The number of pyridine rings is 1. The van der Waals surface area contributed by atoms with Crippen LogP contribution in [0.2, 0.25) is 0 Å². The maximum absolute atomic E-state index is 13.1. The number of aromatic nitrogens is 1. The van der Waals surface area contributed by atoms with Crippen molar-refractivity contribution in [1.29, 1.82) is 0 Å². The molecular weight excluding hydrogens is 331 g/mol. The van der Waals surface area contributed by atoms with Crippen molar-refractivity contribution in [3.05, 3.63) is 46.3 Å². The third-order valence-electron chi connectivity index (χ3n) is 2.51. The maximum Gasteiger partial charge on any atom is 0.339 e. The SMILES string of the molecule is COc1ccc(Br)c(Nc2ncc(F)cc2C(=O)O)c1. The lowest BCUT2D eigenvalue weighted by Gasteiger charge is -2.11. The summed E-state index contributed by atoms with van der Waals surface area (Å²) in [5.74, 6) is -1.33. The highest BCUT2D eigenvalue weighted by Crippen LogP contribution is 2.30. The Morgan fingerprint density at radius 1 is 1.45 bits per heavy atom. The number of methoxy groups -OCH3 is 1. The van der Waals surface area contributed by atoms with E-state index in [1.165, 1.54) is 7.11 Å². The molecule has 1 heterocycles. The molecular formula is C13H10BrFN2O3. The number of hydrogen-bond acceptors (Lipinski definition) is 4. The van der Waals surface area contributed by atoms with Gasteiger partial charge in [0.15, 0.2) is 0 Å². The molecule has 0 amide bonds. The zero-order valence-corrected chi connectivity index (χ0v) is 11.9. The summed E-state index contributed by atoms with van der Waals surface area (Å²) in [6.45, 7) is 0. The first-order chi connectivity index (χ1) is 9.51. The molecule has 0 aliphatic rings. The molecule has 0 saturated heterocycles. The average Bonchev–Trinajstić information content (AvgIpc) is 2.42. The summed E-state index contributed by atoms with van der Waals surface area (Å²) >= 11 is 3.33. The molecule has 2 aromatic rings. The van der Waals surface area contributed by atoms with Crippen molar-refractivity contribution < 1.29 is 19.0 Å². The highest BCUT2D eigenvalue weighted by molar-refractivity contribution is 9.10. The van der Waals surface area contributed by atoms with Gasteiger partial charge in [0.25, 0.3) is 0 Å². The van der Waals surface area contributed by atoms with E-state index in [9.17, 15) is 9.18 Å². The van der Waals surface area contributed by atoms with Crippen molar-refractivity contribution >= 4 is 33.4 Å². The summed E-state index contributed by atoms with van der Waals surface area (Å²) in [5.41, 5.74) is 0.311. The molecule has 0 spiro atoms. The molecule has 0 unspecified atom stereocenters.